The van der Waals surface area contributed by atoms with Crippen molar-refractivity contribution in [1.82, 2.24) is 5.32 Å². The molecule has 0 radical (unpaired) electrons. The third kappa shape index (κ3) is 3.09. The van der Waals surface area contributed by atoms with Gasteiger partial charge in [0.15, 0.2) is 11.6 Å². The molecule has 0 heterocycles. The van der Waals surface area contributed by atoms with Crippen LogP contribution in [0.15, 0.2) is 36.4 Å². The molecule has 0 saturated carbocycles. The van der Waals surface area contributed by atoms with Gasteiger partial charge in [0.1, 0.15) is 11.6 Å². The minimum atomic E-state index is -1.02. The van der Waals surface area contributed by atoms with Crippen LogP contribution in [0.1, 0.15) is 15.9 Å². The van der Waals surface area contributed by atoms with Gasteiger partial charge in [0, 0.05) is 6.54 Å². The Morgan fingerprint density at radius 2 is 1.80 bits per heavy atom. The Bertz CT molecular complexity index is 659. The minimum Gasteiger partial charge on any atom is -0.507 e. The molecule has 0 unspecified atom stereocenters. The Kier molecular flexibility index (Phi) is 3.93. The van der Waals surface area contributed by atoms with Gasteiger partial charge in [0.2, 0.25) is 0 Å². The van der Waals surface area contributed by atoms with E-state index < -0.39 is 23.4 Å². The maximum absolute atomic E-state index is 13.0. The number of rotatable bonds is 3. The molecular weight excluding hydrogens is 271 g/mol. The van der Waals surface area contributed by atoms with Crippen molar-refractivity contribution in [2.45, 2.75) is 6.54 Å². The van der Waals surface area contributed by atoms with E-state index >= 15 is 0 Å². The van der Waals surface area contributed by atoms with E-state index in [0.29, 0.717) is 5.56 Å². The minimum absolute atomic E-state index is 0.0774. The van der Waals surface area contributed by atoms with Crippen molar-refractivity contribution in [3.63, 3.8) is 0 Å². The zero-order chi connectivity index (χ0) is 14.7. The Balaban J connectivity index is 2.08. The number of aromatic hydroxyl groups is 1. The third-order valence-electron chi connectivity index (χ3n) is 2.64. The van der Waals surface area contributed by atoms with Crippen LogP contribution in [0.25, 0.3) is 0 Å². The van der Waals surface area contributed by atoms with Crippen LogP contribution in [0, 0.1) is 17.5 Å². The van der Waals surface area contributed by atoms with E-state index in [2.05, 4.69) is 5.32 Å². The summed E-state index contributed by atoms with van der Waals surface area (Å²) < 4.78 is 38.7. The number of amides is 1. The highest BCUT2D eigenvalue weighted by Crippen LogP contribution is 2.17. The van der Waals surface area contributed by atoms with Gasteiger partial charge in [-0.1, -0.05) is 6.07 Å². The van der Waals surface area contributed by atoms with Crippen molar-refractivity contribution in [1.29, 1.82) is 0 Å². The highest BCUT2D eigenvalue weighted by Gasteiger charge is 2.12. The number of phenolic OH excluding ortho intramolecular Hbond substituents is 1. The number of carbonyl (C=O) groups is 1. The smallest absolute Gasteiger partial charge is 0.255 e. The fourth-order valence-corrected chi connectivity index (χ4v) is 1.62. The summed E-state index contributed by atoms with van der Waals surface area (Å²) in [6.07, 6.45) is 0. The predicted octanol–water partition coefficient (Wildman–Crippen LogP) is 2.74. The van der Waals surface area contributed by atoms with Crippen LogP contribution < -0.4 is 5.32 Å². The maximum Gasteiger partial charge on any atom is 0.255 e. The highest BCUT2D eigenvalue weighted by molar-refractivity contribution is 5.96. The van der Waals surface area contributed by atoms with Crippen LogP contribution in [0.3, 0.4) is 0 Å². The topological polar surface area (TPSA) is 49.3 Å². The molecule has 2 aromatic rings. The summed E-state index contributed by atoms with van der Waals surface area (Å²) in [4.78, 5) is 11.7. The first-order valence-electron chi connectivity index (χ1n) is 5.68. The lowest BCUT2D eigenvalue weighted by atomic mass is 10.1. The third-order valence-corrected chi connectivity index (χ3v) is 2.64. The van der Waals surface area contributed by atoms with Gasteiger partial charge in [-0.2, -0.15) is 0 Å². The van der Waals surface area contributed by atoms with Gasteiger partial charge in [0.05, 0.1) is 5.56 Å². The van der Waals surface area contributed by atoms with Crippen molar-refractivity contribution < 1.29 is 23.1 Å². The van der Waals surface area contributed by atoms with E-state index in [9.17, 15) is 23.1 Å². The number of nitrogens with one attached hydrogen (secondary N) is 1. The normalized spacial score (nSPS) is 10.3. The monoisotopic (exact) mass is 281 g/mol. The molecule has 2 N–H and O–H groups in total. The summed E-state index contributed by atoms with van der Waals surface area (Å²) in [5.74, 6) is -3.75. The first-order chi connectivity index (χ1) is 9.47. The van der Waals surface area contributed by atoms with Crippen molar-refractivity contribution in [3.8, 4) is 5.75 Å². The molecule has 0 bridgehead atoms. The second kappa shape index (κ2) is 5.64. The average Bonchev–Trinajstić information content (AvgIpc) is 2.42. The van der Waals surface area contributed by atoms with Gasteiger partial charge in [0.25, 0.3) is 5.91 Å². The second-order valence-corrected chi connectivity index (χ2v) is 4.09. The van der Waals surface area contributed by atoms with Gasteiger partial charge in [-0.3, -0.25) is 4.79 Å². The van der Waals surface area contributed by atoms with Gasteiger partial charge < -0.3 is 10.4 Å². The molecule has 20 heavy (non-hydrogen) atoms. The molecule has 3 nitrogen and oxygen atoms in total. The molecule has 6 heteroatoms. The van der Waals surface area contributed by atoms with Crippen molar-refractivity contribution in [2.75, 3.05) is 0 Å². The summed E-state index contributed by atoms with van der Waals surface area (Å²) in [6.45, 7) is -0.0774. The summed E-state index contributed by atoms with van der Waals surface area (Å²) in [7, 11) is 0. The van der Waals surface area contributed by atoms with Crippen molar-refractivity contribution in [3.05, 3.63) is 65.0 Å². The van der Waals surface area contributed by atoms with E-state index in [-0.39, 0.29) is 17.9 Å². The molecule has 0 aliphatic carbocycles. The Morgan fingerprint density at radius 1 is 1.05 bits per heavy atom. The summed E-state index contributed by atoms with van der Waals surface area (Å²) in [6, 6.07) is 6.15. The fraction of sp³-hybridized carbons (Fsp3) is 0.0714. The number of phenols is 1. The SMILES string of the molecule is O=C(NCc1ccc(F)c(F)c1)c1cc(F)ccc1O. The predicted molar refractivity (Wildman–Crippen MR) is 65.6 cm³/mol. The molecule has 0 aromatic heterocycles. The molecule has 0 fully saturated rings. The number of hydrogen-bond acceptors (Lipinski definition) is 2. The molecule has 2 rings (SSSR count). The summed E-state index contributed by atoms with van der Waals surface area (Å²) >= 11 is 0. The molecule has 0 saturated heterocycles. The highest BCUT2D eigenvalue weighted by atomic mass is 19.2. The molecule has 0 atom stereocenters. The Morgan fingerprint density at radius 3 is 2.50 bits per heavy atom. The van der Waals surface area contributed by atoms with Crippen molar-refractivity contribution >= 4 is 5.91 Å². The van der Waals surface area contributed by atoms with Crippen LogP contribution in [-0.4, -0.2) is 11.0 Å². The van der Waals surface area contributed by atoms with E-state index in [1.54, 1.807) is 0 Å². The lowest BCUT2D eigenvalue weighted by molar-refractivity contribution is 0.0947. The fourth-order valence-electron chi connectivity index (χ4n) is 1.62. The van der Waals surface area contributed by atoms with Crippen LogP contribution in [-0.2, 0) is 6.54 Å². The van der Waals surface area contributed by atoms with Gasteiger partial charge in [-0.15, -0.1) is 0 Å². The van der Waals surface area contributed by atoms with E-state index in [4.69, 9.17) is 0 Å². The summed E-state index contributed by atoms with van der Waals surface area (Å²) in [5, 5.41) is 11.8. The Labute approximate surface area is 112 Å². The Hall–Kier alpha value is -2.50. The van der Waals surface area contributed by atoms with Crippen LogP contribution in [0.2, 0.25) is 0 Å². The first kappa shape index (κ1) is 13.9. The number of carbonyl (C=O) groups excluding carboxylic acids is 1. The largest absolute Gasteiger partial charge is 0.507 e. The van der Waals surface area contributed by atoms with Gasteiger partial charge in [-0.25, -0.2) is 13.2 Å². The number of halogens is 3. The molecule has 104 valence electrons. The molecule has 1 amide bonds. The lowest BCUT2D eigenvalue weighted by Crippen LogP contribution is -2.23. The standard InChI is InChI=1S/C14H10F3NO2/c15-9-2-4-13(19)10(6-9)14(20)18-7-8-1-3-11(16)12(17)5-8/h1-6,19H,7H2,(H,18,20). The van der Waals surface area contributed by atoms with E-state index in [0.717, 1.165) is 30.3 Å². The molecule has 2 aromatic carbocycles. The van der Waals surface area contributed by atoms with Gasteiger partial charge in [-0.05, 0) is 35.9 Å². The molecular formula is C14H10F3NO2. The maximum atomic E-state index is 13.0. The molecule has 0 aliphatic heterocycles. The number of hydrogen-bond donors (Lipinski definition) is 2. The van der Waals surface area contributed by atoms with Crippen molar-refractivity contribution in [2.24, 2.45) is 0 Å². The van der Waals surface area contributed by atoms with E-state index in [1.807, 2.05) is 0 Å². The first-order valence-corrected chi connectivity index (χ1v) is 5.68. The zero-order valence-corrected chi connectivity index (χ0v) is 10.2. The summed E-state index contributed by atoms with van der Waals surface area (Å²) in [5.41, 5.74) is 0.112. The molecule has 0 aliphatic rings. The van der Waals surface area contributed by atoms with Crippen LogP contribution in [0.4, 0.5) is 13.2 Å². The van der Waals surface area contributed by atoms with Crippen LogP contribution in [0.5, 0.6) is 5.75 Å². The van der Waals surface area contributed by atoms with Gasteiger partial charge >= 0.3 is 0 Å². The lowest BCUT2D eigenvalue weighted by Gasteiger charge is -2.07. The second-order valence-electron chi connectivity index (χ2n) is 4.09. The quantitative estimate of drug-likeness (QED) is 0.908. The number of benzene rings is 2. The van der Waals surface area contributed by atoms with Crippen LogP contribution >= 0.6 is 0 Å². The average molecular weight is 281 g/mol. The van der Waals surface area contributed by atoms with E-state index in [1.165, 1.54) is 6.07 Å². The molecule has 0 spiro atoms. The zero-order valence-electron chi connectivity index (χ0n) is 10.2.